The standard InChI is InChI=1S/C16H21BrN2OS/c17-14-4-1-3-13(11-14)12-19-6-2-5-15(19)16(20)18-7-9-21-10-8-18/h1,3-4,11,15H,2,5-10,12H2. The molecule has 1 aromatic rings. The van der Waals surface area contributed by atoms with Crippen LogP contribution in [-0.4, -0.2) is 52.9 Å². The van der Waals surface area contributed by atoms with Crippen LogP contribution in [0.5, 0.6) is 0 Å². The zero-order valence-corrected chi connectivity index (χ0v) is 14.5. The van der Waals surface area contributed by atoms with E-state index in [1.807, 2.05) is 17.8 Å². The number of hydrogen-bond acceptors (Lipinski definition) is 3. The lowest BCUT2D eigenvalue weighted by Gasteiger charge is -2.32. The van der Waals surface area contributed by atoms with Gasteiger partial charge in [-0.3, -0.25) is 9.69 Å². The van der Waals surface area contributed by atoms with Gasteiger partial charge in [0.1, 0.15) is 0 Å². The normalized spacial score (nSPS) is 23.5. The Morgan fingerprint density at radius 2 is 2.10 bits per heavy atom. The van der Waals surface area contributed by atoms with E-state index >= 15 is 0 Å². The molecule has 1 unspecified atom stereocenters. The smallest absolute Gasteiger partial charge is 0.239 e. The highest BCUT2D eigenvalue weighted by atomic mass is 79.9. The Morgan fingerprint density at radius 3 is 2.86 bits per heavy atom. The number of rotatable bonds is 3. The van der Waals surface area contributed by atoms with Crippen LogP contribution in [-0.2, 0) is 11.3 Å². The van der Waals surface area contributed by atoms with E-state index in [-0.39, 0.29) is 6.04 Å². The van der Waals surface area contributed by atoms with Gasteiger partial charge in [-0.25, -0.2) is 0 Å². The first-order valence-electron chi connectivity index (χ1n) is 7.59. The molecule has 0 aromatic heterocycles. The molecule has 1 atom stereocenters. The van der Waals surface area contributed by atoms with Gasteiger partial charge in [0.05, 0.1) is 6.04 Å². The van der Waals surface area contributed by atoms with Crippen LogP contribution in [0.25, 0.3) is 0 Å². The zero-order valence-electron chi connectivity index (χ0n) is 12.1. The Bertz CT molecular complexity index is 505. The highest BCUT2D eigenvalue weighted by Crippen LogP contribution is 2.24. The van der Waals surface area contributed by atoms with Gasteiger partial charge in [-0.05, 0) is 37.1 Å². The quantitative estimate of drug-likeness (QED) is 0.819. The number of thioether (sulfide) groups is 1. The summed E-state index contributed by atoms with van der Waals surface area (Å²) < 4.78 is 1.11. The summed E-state index contributed by atoms with van der Waals surface area (Å²) in [4.78, 5) is 17.2. The summed E-state index contributed by atoms with van der Waals surface area (Å²) in [6.07, 6.45) is 2.14. The van der Waals surface area contributed by atoms with Gasteiger partial charge in [0.2, 0.25) is 5.91 Å². The van der Waals surface area contributed by atoms with Gasteiger partial charge in [-0.15, -0.1) is 0 Å². The largest absolute Gasteiger partial charge is 0.340 e. The second-order valence-corrected chi connectivity index (χ2v) is 7.84. The number of nitrogens with zero attached hydrogens (tertiary/aromatic N) is 2. The maximum Gasteiger partial charge on any atom is 0.239 e. The molecule has 21 heavy (non-hydrogen) atoms. The van der Waals surface area contributed by atoms with Crippen molar-refractivity contribution < 1.29 is 4.79 Å². The second-order valence-electron chi connectivity index (χ2n) is 5.70. The van der Waals surface area contributed by atoms with Gasteiger partial charge in [0, 0.05) is 35.6 Å². The SMILES string of the molecule is O=C(C1CCCN1Cc1cccc(Br)c1)N1CCSCC1. The van der Waals surface area contributed by atoms with Gasteiger partial charge in [0.25, 0.3) is 0 Å². The fraction of sp³-hybridized carbons (Fsp3) is 0.562. The number of likely N-dealkylation sites (tertiary alicyclic amines) is 1. The lowest BCUT2D eigenvalue weighted by Crippen LogP contribution is -2.48. The monoisotopic (exact) mass is 368 g/mol. The molecule has 0 saturated carbocycles. The Balaban J connectivity index is 1.66. The predicted molar refractivity (Wildman–Crippen MR) is 91.5 cm³/mol. The minimum atomic E-state index is 0.0899. The molecule has 0 radical (unpaired) electrons. The number of amides is 1. The molecule has 2 heterocycles. The fourth-order valence-electron chi connectivity index (χ4n) is 3.16. The average molecular weight is 369 g/mol. The third kappa shape index (κ3) is 3.82. The van der Waals surface area contributed by atoms with Gasteiger partial charge in [-0.2, -0.15) is 11.8 Å². The topological polar surface area (TPSA) is 23.6 Å². The number of carbonyl (C=O) groups excluding carboxylic acids is 1. The lowest BCUT2D eigenvalue weighted by atomic mass is 10.1. The van der Waals surface area contributed by atoms with E-state index in [0.29, 0.717) is 5.91 Å². The molecule has 0 N–H and O–H groups in total. The Labute approximate surface area is 139 Å². The zero-order chi connectivity index (χ0) is 14.7. The molecule has 2 fully saturated rings. The molecular weight excluding hydrogens is 348 g/mol. The maximum atomic E-state index is 12.7. The van der Waals surface area contributed by atoms with E-state index in [2.05, 4.69) is 43.9 Å². The third-order valence-corrected chi connectivity index (χ3v) is 5.68. The lowest BCUT2D eigenvalue weighted by molar-refractivity contribution is -0.135. The molecule has 5 heteroatoms. The first-order chi connectivity index (χ1) is 10.2. The fourth-order valence-corrected chi connectivity index (χ4v) is 4.51. The molecule has 114 valence electrons. The molecule has 1 amide bonds. The molecule has 2 aliphatic heterocycles. The Morgan fingerprint density at radius 1 is 1.29 bits per heavy atom. The van der Waals surface area contributed by atoms with E-state index in [1.165, 1.54) is 5.56 Å². The first-order valence-corrected chi connectivity index (χ1v) is 9.54. The van der Waals surface area contributed by atoms with E-state index in [1.54, 1.807) is 0 Å². The number of hydrogen-bond donors (Lipinski definition) is 0. The van der Waals surface area contributed by atoms with Gasteiger partial charge < -0.3 is 4.90 Å². The van der Waals surface area contributed by atoms with E-state index < -0.39 is 0 Å². The number of carbonyl (C=O) groups is 1. The third-order valence-electron chi connectivity index (χ3n) is 4.25. The van der Waals surface area contributed by atoms with Gasteiger partial charge in [-0.1, -0.05) is 28.1 Å². The molecule has 0 spiro atoms. The summed E-state index contributed by atoms with van der Waals surface area (Å²) in [6.45, 7) is 3.75. The molecule has 3 rings (SSSR count). The highest BCUT2D eigenvalue weighted by molar-refractivity contribution is 9.10. The van der Waals surface area contributed by atoms with E-state index in [0.717, 1.165) is 55.0 Å². The molecular formula is C16H21BrN2OS. The van der Waals surface area contributed by atoms with Crippen molar-refractivity contribution in [1.82, 2.24) is 9.80 Å². The molecule has 2 aliphatic rings. The van der Waals surface area contributed by atoms with E-state index in [9.17, 15) is 4.79 Å². The summed E-state index contributed by atoms with van der Waals surface area (Å²) >= 11 is 5.47. The summed E-state index contributed by atoms with van der Waals surface area (Å²) in [7, 11) is 0. The molecule has 2 saturated heterocycles. The van der Waals surface area contributed by atoms with Gasteiger partial charge >= 0.3 is 0 Å². The number of halogens is 1. The van der Waals surface area contributed by atoms with Crippen LogP contribution in [0.15, 0.2) is 28.7 Å². The van der Waals surface area contributed by atoms with Crippen molar-refractivity contribution in [2.75, 3.05) is 31.1 Å². The van der Waals surface area contributed by atoms with Crippen molar-refractivity contribution in [3.8, 4) is 0 Å². The van der Waals surface area contributed by atoms with Crippen LogP contribution in [0.1, 0.15) is 18.4 Å². The van der Waals surface area contributed by atoms with Crippen LogP contribution < -0.4 is 0 Å². The van der Waals surface area contributed by atoms with Crippen molar-refractivity contribution in [3.05, 3.63) is 34.3 Å². The average Bonchev–Trinajstić information content (AvgIpc) is 2.95. The predicted octanol–water partition coefficient (Wildman–Crippen LogP) is 2.99. The second kappa shape index (κ2) is 7.16. The van der Waals surface area contributed by atoms with Gasteiger partial charge in [0.15, 0.2) is 0 Å². The summed E-state index contributed by atoms with van der Waals surface area (Å²) in [5, 5.41) is 0. The maximum absolute atomic E-state index is 12.7. The Hall–Kier alpha value is -0.520. The van der Waals surface area contributed by atoms with Crippen molar-refractivity contribution in [2.24, 2.45) is 0 Å². The van der Waals surface area contributed by atoms with Crippen LogP contribution in [0.3, 0.4) is 0 Å². The summed E-state index contributed by atoms with van der Waals surface area (Å²) in [6, 6.07) is 8.49. The van der Waals surface area contributed by atoms with Crippen LogP contribution in [0.4, 0.5) is 0 Å². The molecule has 0 aliphatic carbocycles. The summed E-state index contributed by atoms with van der Waals surface area (Å²) in [5.41, 5.74) is 1.28. The molecule has 3 nitrogen and oxygen atoms in total. The van der Waals surface area contributed by atoms with Crippen LogP contribution in [0, 0.1) is 0 Å². The molecule has 1 aromatic carbocycles. The minimum Gasteiger partial charge on any atom is -0.340 e. The van der Waals surface area contributed by atoms with Crippen molar-refractivity contribution in [2.45, 2.75) is 25.4 Å². The van der Waals surface area contributed by atoms with Crippen molar-refractivity contribution in [1.29, 1.82) is 0 Å². The minimum absolute atomic E-state index is 0.0899. The van der Waals surface area contributed by atoms with Crippen molar-refractivity contribution >= 4 is 33.6 Å². The summed E-state index contributed by atoms with van der Waals surface area (Å²) in [5.74, 6) is 2.52. The van der Waals surface area contributed by atoms with E-state index in [4.69, 9.17) is 0 Å². The highest BCUT2D eigenvalue weighted by Gasteiger charge is 2.33. The first kappa shape index (κ1) is 15.4. The van der Waals surface area contributed by atoms with Crippen LogP contribution >= 0.6 is 27.7 Å². The number of benzene rings is 1. The van der Waals surface area contributed by atoms with Crippen LogP contribution in [0.2, 0.25) is 0 Å². The van der Waals surface area contributed by atoms with Crippen molar-refractivity contribution in [3.63, 3.8) is 0 Å². The Kier molecular flexibility index (Phi) is 5.24. The molecule has 0 bridgehead atoms.